The van der Waals surface area contributed by atoms with Gasteiger partial charge in [-0.1, -0.05) is 52.8 Å². The van der Waals surface area contributed by atoms with Crippen molar-refractivity contribution in [3.05, 3.63) is 41.6 Å². The van der Waals surface area contributed by atoms with Crippen molar-refractivity contribution in [3.8, 4) is 5.69 Å². The fourth-order valence-corrected chi connectivity index (χ4v) is 3.01. The van der Waals surface area contributed by atoms with Crippen molar-refractivity contribution in [1.29, 1.82) is 0 Å². The van der Waals surface area contributed by atoms with Gasteiger partial charge in [-0.3, -0.25) is 9.59 Å². The molecule has 1 aromatic carbocycles. The van der Waals surface area contributed by atoms with Gasteiger partial charge in [-0.15, -0.1) is 0 Å². The zero-order valence-corrected chi connectivity index (χ0v) is 19.2. The van der Waals surface area contributed by atoms with Crippen LogP contribution in [0.1, 0.15) is 45.9 Å². The molecule has 0 unspecified atom stereocenters. The number of nitrogens with one attached hydrogen (secondary N) is 1. The quantitative estimate of drug-likeness (QED) is 0.717. The molecule has 164 valence electrons. The summed E-state index contributed by atoms with van der Waals surface area (Å²) in [6.45, 7) is 12.6. The lowest BCUT2D eigenvalue weighted by Gasteiger charge is -2.23. The van der Waals surface area contributed by atoms with Gasteiger partial charge in [0.25, 0.3) is 0 Å². The maximum atomic E-state index is 12.9. The van der Waals surface area contributed by atoms with Crippen LogP contribution in [0.15, 0.2) is 30.3 Å². The lowest BCUT2D eigenvalue weighted by molar-refractivity contribution is -0.138. The molecule has 7 heteroatoms. The number of aromatic nitrogens is 2. The second-order valence-corrected chi connectivity index (χ2v) is 8.82. The Morgan fingerprint density at radius 3 is 2.47 bits per heavy atom. The molecule has 0 bridgehead atoms. The largest absolute Gasteiger partial charge is 0.383 e. The summed E-state index contributed by atoms with van der Waals surface area (Å²) in [4.78, 5) is 26.9. The Hall–Kier alpha value is -2.67. The zero-order chi connectivity index (χ0) is 22.5. The summed E-state index contributed by atoms with van der Waals surface area (Å²) in [5, 5.41) is 7.72. The number of para-hydroxylation sites is 1. The maximum Gasteiger partial charge on any atom is 0.245 e. The number of anilines is 1. The molecule has 0 aliphatic carbocycles. The minimum Gasteiger partial charge on any atom is -0.383 e. The zero-order valence-electron chi connectivity index (χ0n) is 19.2. The molecule has 2 amide bonds. The Balaban J connectivity index is 2.31. The lowest BCUT2D eigenvalue weighted by atomic mass is 9.92. The van der Waals surface area contributed by atoms with Crippen molar-refractivity contribution in [2.45, 2.75) is 47.0 Å². The van der Waals surface area contributed by atoms with Crippen LogP contribution in [0.2, 0.25) is 0 Å². The van der Waals surface area contributed by atoms with Gasteiger partial charge in [-0.05, 0) is 18.6 Å². The van der Waals surface area contributed by atoms with Gasteiger partial charge in [0.1, 0.15) is 5.82 Å². The van der Waals surface area contributed by atoms with E-state index < -0.39 is 0 Å². The van der Waals surface area contributed by atoms with Crippen molar-refractivity contribution in [1.82, 2.24) is 14.7 Å². The van der Waals surface area contributed by atoms with E-state index in [0.717, 1.165) is 16.9 Å². The maximum absolute atomic E-state index is 12.9. The molecule has 0 radical (unpaired) electrons. The molecular weight excluding hydrogens is 380 g/mol. The van der Waals surface area contributed by atoms with E-state index in [1.54, 1.807) is 11.8 Å². The Bertz CT molecular complexity index is 881. The minimum atomic E-state index is -0.268. The van der Waals surface area contributed by atoms with Crippen molar-refractivity contribution in [2.75, 3.05) is 32.1 Å². The average molecular weight is 415 g/mol. The van der Waals surface area contributed by atoms with Crippen LogP contribution < -0.4 is 5.32 Å². The van der Waals surface area contributed by atoms with Crippen LogP contribution in [0.3, 0.4) is 0 Å². The van der Waals surface area contributed by atoms with Crippen LogP contribution in [-0.2, 0) is 19.7 Å². The van der Waals surface area contributed by atoms with Crippen molar-refractivity contribution >= 4 is 17.6 Å². The molecule has 0 spiro atoms. The van der Waals surface area contributed by atoms with Crippen molar-refractivity contribution in [2.24, 2.45) is 5.92 Å². The monoisotopic (exact) mass is 414 g/mol. The predicted octanol–water partition coefficient (Wildman–Crippen LogP) is 3.55. The van der Waals surface area contributed by atoms with Crippen molar-refractivity contribution < 1.29 is 14.3 Å². The van der Waals surface area contributed by atoms with Crippen LogP contribution in [0, 0.1) is 12.8 Å². The summed E-state index contributed by atoms with van der Waals surface area (Å²) in [6.07, 6.45) is 0. The molecule has 2 rings (SSSR count). The number of carbonyl (C=O) groups excluding carboxylic acids is 2. The van der Waals surface area contributed by atoms with E-state index >= 15 is 0 Å². The van der Waals surface area contributed by atoms with Crippen LogP contribution in [-0.4, -0.2) is 53.3 Å². The number of nitrogens with zero attached hydrogens (tertiary/aromatic N) is 3. The first kappa shape index (κ1) is 23.6. The number of ether oxygens (including phenoxy) is 1. The van der Waals surface area contributed by atoms with Gasteiger partial charge in [-0.2, -0.15) is 5.10 Å². The van der Waals surface area contributed by atoms with Gasteiger partial charge in [0, 0.05) is 31.1 Å². The Morgan fingerprint density at radius 2 is 1.90 bits per heavy atom. The first-order valence-electron chi connectivity index (χ1n) is 10.3. The van der Waals surface area contributed by atoms with Gasteiger partial charge in [-0.25, -0.2) is 4.68 Å². The van der Waals surface area contributed by atoms with E-state index in [-0.39, 0.29) is 29.7 Å². The molecule has 1 aromatic heterocycles. The number of amides is 2. The normalized spacial score (nSPS) is 11.6. The van der Waals surface area contributed by atoms with Gasteiger partial charge >= 0.3 is 0 Å². The van der Waals surface area contributed by atoms with E-state index in [1.165, 1.54) is 4.90 Å². The Labute approximate surface area is 179 Å². The Kier molecular flexibility index (Phi) is 7.78. The standard InChI is InChI=1S/C23H34N4O3/c1-16(2)22(29)26(12-13-30-7)15-21(28)24-20-14-19(23(4,5)6)25-27(20)18-11-9-8-10-17(18)3/h8-11,14,16H,12-13,15H2,1-7H3,(H,24,28). The highest BCUT2D eigenvalue weighted by Gasteiger charge is 2.24. The van der Waals surface area contributed by atoms with Crippen LogP contribution in [0.4, 0.5) is 5.82 Å². The van der Waals surface area contributed by atoms with E-state index in [2.05, 4.69) is 26.1 Å². The molecule has 2 aromatic rings. The fraction of sp³-hybridized carbons (Fsp3) is 0.522. The first-order valence-corrected chi connectivity index (χ1v) is 10.3. The molecule has 1 heterocycles. The summed E-state index contributed by atoms with van der Waals surface area (Å²) < 4.78 is 6.85. The van der Waals surface area contributed by atoms with Crippen LogP contribution >= 0.6 is 0 Å². The number of benzene rings is 1. The third-order valence-electron chi connectivity index (χ3n) is 4.79. The molecule has 0 aliphatic heterocycles. The van der Waals surface area contributed by atoms with Gasteiger partial charge in [0.2, 0.25) is 11.8 Å². The van der Waals surface area contributed by atoms with Crippen LogP contribution in [0.5, 0.6) is 0 Å². The lowest BCUT2D eigenvalue weighted by Crippen LogP contribution is -2.42. The second kappa shape index (κ2) is 9.89. The molecule has 7 nitrogen and oxygen atoms in total. The molecule has 0 saturated heterocycles. The molecule has 1 N–H and O–H groups in total. The summed E-state index contributed by atoms with van der Waals surface area (Å²) in [6, 6.07) is 9.79. The summed E-state index contributed by atoms with van der Waals surface area (Å²) in [5.41, 5.74) is 2.65. The number of carbonyl (C=O) groups is 2. The first-order chi connectivity index (χ1) is 14.0. The molecule has 0 saturated carbocycles. The van der Waals surface area contributed by atoms with E-state index in [1.807, 2.05) is 51.1 Å². The minimum absolute atomic E-state index is 0.0375. The summed E-state index contributed by atoms with van der Waals surface area (Å²) in [7, 11) is 1.58. The number of aryl methyl sites for hydroxylation is 1. The SMILES string of the molecule is COCCN(CC(=O)Nc1cc(C(C)(C)C)nn1-c1ccccc1C)C(=O)C(C)C. The van der Waals surface area contributed by atoms with Gasteiger partial charge < -0.3 is 15.0 Å². The molecule has 0 aliphatic rings. The summed E-state index contributed by atoms with van der Waals surface area (Å²) >= 11 is 0. The molecular formula is C23H34N4O3. The highest BCUT2D eigenvalue weighted by atomic mass is 16.5. The fourth-order valence-electron chi connectivity index (χ4n) is 3.01. The number of rotatable bonds is 8. The average Bonchev–Trinajstić information content (AvgIpc) is 3.08. The van der Waals surface area contributed by atoms with Gasteiger partial charge in [0.05, 0.1) is 24.5 Å². The summed E-state index contributed by atoms with van der Waals surface area (Å²) in [5.74, 6) is 0.0443. The molecule has 0 atom stereocenters. The molecule has 0 fully saturated rings. The highest BCUT2D eigenvalue weighted by Crippen LogP contribution is 2.27. The highest BCUT2D eigenvalue weighted by molar-refractivity contribution is 5.94. The number of hydrogen-bond donors (Lipinski definition) is 1. The van der Waals surface area contributed by atoms with E-state index in [9.17, 15) is 9.59 Å². The second-order valence-electron chi connectivity index (χ2n) is 8.82. The van der Waals surface area contributed by atoms with Gasteiger partial charge in [0.15, 0.2) is 0 Å². The van der Waals surface area contributed by atoms with Crippen LogP contribution in [0.25, 0.3) is 5.69 Å². The van der Waals surface area contributed by atoms with E-state index in [0.29, 0.717) is 19.0 Å². The third kappa shape index (κ3) is 5.92. The third-order valence-corrected chi connectivity index (χ3v) is 4.79. The number of methoxy groups -OCH3 is 1. The van der Waals surface area contributed by atoms with E-state index in [4.69, 9.17) is 9.84 Å². The predicted molar refractivity (Wildman–Crippen MR) is 119 cm³/mol. The van der Waals surface area contributed by atoms with Crippen molar-refractivity contribution in [3.63, 3.8) is 0 Å². The smallest absolute Gasteiger partial charge is 0.245 e. The Morgan fingerprint density at radius 1 is 1.23 bits per heavy atom. The topological polar surface area (TPSA) is 76.5 Å². The number of hydrogen-bond acceptors (Lipinski definition) is 4. The molecule has 30 heavy (non-hydrogen) atoms.